The molecule has 2 aliphatic heterocycles. The molecule has 0 unspecified atom stereocenters. The number of ether oxygens (including phenoxy) is 1. The number of hydrogen-bond donors (Lipinski definition) is 0. The molecule has 0 radical (unpaired) electrons. The highest BCUT2D eigenvalue weighted by molar-refractivity contribution is 7.99. The van der Waals surface area contributed by atoms with Gasteiger partial charge in [0, 0.05) is 37.7 Å². The predicted octanol–water partition coefficient (Wildman–Crippen LogP) is 18.7. The minimum atomic E-state index is -0.686. The van der Waals surface area contributed by atoms with Crippen molar-refractivity contribution < 1.29 is 4.74 Å². The summed E-state index contributed by atoms with van der Waals surface area (Å²) in [4.78, 5) is 5.18. The molecule has 3 heteroatoms. The molecule has 2 nitrogen and oxygen atoms in total. The van der Waals surface area contributed by atoms with E-state index >= 15 is 0 Å². The van der Waals surface area contributed by atoms with Gasteiger partial charge >= 0.3 is 0 Å². The molecule has 2 heterocycles. The number of hydrogen-bond acceptors (Lipinski definition) is 3. The van der Waals surface area contributed by atoms with Crippen LogP contribution < -0.4 is 9.64 Å². The van der Waals surface area contributed by atoms with Crippen molar-refractivity contribution in [2.24, 2.45) is 0 Å². The Morgan fingerprint density at radius 1 is 0.356 bits per heavy atom. The van der Waals surface area contributed by atoms with Crippen LogP contribution >= 0.6 is 11.8 Å². The Morgan fingerprint density at radius 3 is 1.47 bits per heavy atom. The Bertz CT molecular complexity index is 3800. The van der Waals surface area contributed by atoms with E-state index in [0.717, 1.165) is 34.1 Å². The zero-order chi connectivity index (χ0) is 49.4. The number of rotatable bonds is 4. The Hall–Kier alpha value is -7.85. The van der Waals surface area contributed by atoms with E-state index in [2.05, 4.69) is 271 Å². The van der Waals surface area contributed by atoms with E-state index in [-0.39, 0.29) is 10.8 Å². The summed E-state index contributed by atoms with van der Waals surface area (Å²) in [7, 11) is 0. The van der Waals surface area contributed by atoms with Crippen LogP contribution in [0, 0.1) is 0 Å². The van der Waals surface area contributed by atoms with Crippen molar-refractivity contribution in [3.63, 3.8) is 0 Å². The monoisotopic (exact) mass is 957 g/mol. The number of fused-ring (bicyclic) bond motifs is 18. The maximum atomic E-state index is 7.07. The van der Waals surface area contributed by atoms with Crippen LogP contribution in [-0.2, 0) is 21.7 Å². The molecule has 0 atom stereocenters. The van der Waals surface area contributed by atoms with E-state index in [0.29, 0.717) is 0 Å². The average molecular weight is 958 g/mol. The first-order valence-electron chi connectivity index (χ1n) is 25.7. The summed E-state index contributed by atoms with van der Waals surface area (Å²) in [6.45, 7) is 13.9. The molecule has 0 aromatic heterocycles. The normalized spacial score (nSPS) is 14.7. The van der Waals surface area contributed by atoms with Crippen molar-refractivity contribution in [1.29, 1.82) is 0 Å². The lowest BCUT2D eigenvalue weighted by Gasteiger charge is -2.41. The maximum absolute atomic E-state index is 7.07. The van der Waals surface area contributed by atoms with Crippen LogP contribution in [-0.4, -0.2) is 0 Å². The van der Waals surface area contributed by atoms with Gasteiger partial charge in [0.05, 0.1) is 22.2 Å². The highest BCUT2D eigenvalue weighted by Crippen LogP contribution is 2.66. The Labute approximate surface area is 434 Å². The third-order valence-electron chi connectivity index (χ3n) is 16.3. The van der Waals surface area contributed by atoms with E-state index in [4.69, 9.17) is 4.74 Å². The van der Waals surface area contributed by atoms with Crippen molar-refractivity contribution in [2.45, 2.75) is 73.0 Å². The van der Waals surface area contributed by atoms with Gasteiger partial charge in [0.1, 0.15) is 11.5 Å². The molecule has 0 saturated heterocycles. The van der Waals surface area contributed by atoms with Crippen molar-refractivity contribution in [2.75, 3.05) is 4.90 Å². The molecule has 0 bridgehead atoms. The van der Waals surface area contributed by atoms with Gasteiger partial charge in [-0.1, -0.05) is 217 Å². The molecule has 0 saturated carbocycles. The summed E-state index contributed by atoms with van der Waals surface area (Å²) >= 11 is 1.89. The van der Waals surface area contributed by atoms with E-state index in [1.54, 1.807) is 0 Å². The lowest BCUT2D eigenvalue weighted by atomic mass is 9.64. The van der Waals surface area contributed by atoms with Crippen LogP contribution in [0.3, 0.4) is 0 Å². The third-order valence-corrected chi connectivity index (χ3v) is 17.5. The first kappa shape index (κ1) is 43.9. The third kappa shape index (κ3) is 6.19. The molecule has 10 aromatic rings. The van der Waals surface area contributed by atoms with Gasteiger partial charge in [-0.15, -0.1) is 0 Å². The van der Waals surface area contributed by atoms with Crippen molar-refractivity contribution in [3.8, 4) is 44.9 Å². The summed E-state index contributed by atoms with van der Waals surface area (Å²) in [6, 6.07) is 84.8. The van der Waals surface area contributed by atoms with Gasteiger partial charge in [-0.25, -0.2) is 0 Å². The fraction of sp³-hybridized carbons (Fsp3) is 0.143. The molecule has 0 fully saturated rings. The second-order valence-electron chi connectivity index (χ2n) is 22.4. The van der Waals surface area contributed by atoms with Gasteiger partial charge in [0.15, 0.2) is 0 Å². The summed E-state index contributed by atoms with van der Waals surface area (Å²) in [5, 5.41) is 0. The van der Waals surface area contributed by atoms with Crippen LogP contribution in [0.15, 0.2) is 234 Å². The predicted molar refractivity (Wildman–Crippen MR) is 303 cm³/mol. The summed E-state index contributed by atoms with van der Waals surface area (Å²) in [5.41, 5.74) is 22.0. The van der Waals surface area contributed by atoms with Gasteiger partial charge < -0.3 is 9.64 Å². The standard InChI is InChI=1S/C70H55NOS/c1-67(2,3)45-35-39-62-58(41-45)70(59-42-46(68(4,5)6)36-40-63(59)72-62)53-27-14-11-25-51(53)66-56(70)30-20-32-61(66)71(60-31-17-12-23-48(60)44-21-8-7-9-22-44)47-37-38-50-49-24-10-13-26-52(49)69(57(50)43-47)54-28-15-18-33-64(54)73-65-34-19-16-29-55(65)69/h7-43H,1-6H3. The highest BCUT2D eigenvalue weighted by atomic mass is 32.2. The fourth-order valence-corrected chi connectivity index (χ4v) is 14.2. The minimum absolute atomic E-state index is 0.0901. The fourth-order valence-electron chi connectivity index (χ4n) is 13.0. The van der Waals surface area contributed by atoms with E-state index in [1.807, 2.05) is 11.8 Å². The molecular formula is C70H55NOS. The van der Waals surface area contributed by atoms with Crippen LogP contribution in [0.5, 0.6) is 11.5 Å². The second-order valence-corrected chi connectivity index (χ2v) is 23.4. The zero-order valence-corrected chi connectivity index (χ0v) is 42.9. The van der Waals surface area contributed by atoms with Gasteiger partial charge in [0.2, 0.25) is 0 Å². The molecule has 2 aliphatic carbocycles. The molecule has 352 valence electrons. The summed E-state index contributed by atoms with van der Waals surface area (Å²) in [5.74, 6) is 1.80. The first-order chi connectivity index (χ1) is 35.5. The van der Waals surface area contributed by atoms with Crippen molar-refractivity contribution in [1.82, 2.24) is 0 Å². The molecule has 4 aliphatic rings. The largest absolute Gasteiger partial charge is 0.457 e. The number of benzene rings is 10. The number of nitrogens with zero attached hydrogens (tertiary/aromatic N) is 1. The molecule has 0 N–H and O–H groups in total. The average Bonchev–Trinajstić information content (AvgIpc) is 3.87. The number of anilines is 3. The van der Waals surface area contributed by atoms with E-state index < -0.39 is 10.8 Å². The SMILES string of the molecule is CC(C)(C)c1ccc2c(c1)C1(c3cc(C(C)(C)C)ccc3O2)c2ccccc2-c2c(N(c3ccc4c(c3)C3(c5ccccc5Sc5ccccc53)c3ccccc3-4)c3ccccc3-c3ccccc3)cccc21. The van der Waals surface area contributed by atoms with Crippen molar-refractivity contribution in [3.05, 3.63) is 280 Å². The van der Waals surface area contributed by atoms with Gasteiger partial charge in [-0.05, 0) is 138 Å². The lowest BCUT2D eigenvalue weighted by molar-refractivity contribution is 0.433. The smallest absolute Gasteiger partial charge is 0.132 e. The molecule has 73 heavy (non-hydrogen) atoms. The van der Waals surface area contributed by atoms with E-state index in [1.165, 1.54) is 93.2 Å². The zero-order valence-electron chi connectivity index (χ0n) is 42.1. The minimum Gasteiger partial charge on any atom is -0.457 e. The number of para-hydroxylation sites is 1. The summed E-state index contributed by atoms with van der Waals surface area (Å²) in [6.07, 6.45) is 0. The first-order valence-corrected chi connectivity index (χ1v) is 26.6. The molecule has 14 rings (SSSR count). The second kappa shape index (κ2) is 15.8. The molecule has 2 spiro atoms. The lowest BCUT2D eigenvalue weighted by Crippen LogP contribution is -2.33. The molecular weight excluding hydrogens is 903 g/mol. The van der Waals surface area contributed by atoms with Crippen LogP contribution in [0.25, 0.3) is 33.4 Å². The quantitative estimate of drug-likeness (QED) is 0.174. The topological polar surface area (TPSA) is 12.5 Å². The van der Waals surface area contributed by atoms with Gasteiger partial charge in [-0.2, -0.15) is 0 Å². The Morgan fingerprint density at radius 2 is 0.836 bits per heavy atom. The van der Waals surface area contributed by atoms with E-state index in [9.17, 15) is 0 Å². The highest BCUT2D eigenvalue weighted by Gasteiger charge is 2.54. The van der Waals surface area contributed by atoms with Crippen LogP contribution in [0.1, 0.15) is 97.2 Å². The van der Waals surface area contributed by atoms with Crippen molar-refractivity contribution >= 4 is 28.8 Å². The van der Waals surface area contributed by atoms with Gasteiger partial charge in [0.25, 0.3) is 0 Å². The Kier molecular flexibility index (Phi) is 9.52. The van der Waals surface area contributed by atoms with Gasteiger partial charge in [-0.3, -0.25) is 0 Å². The molecule has 0 amide bonds. The summed E-state index contributed by atoms with van der Waals surface area (Å²) < 4.78 is 7.07. The van der Waals surface area contributed by atoms with Crippen LogP contribution in [0.4, 0.5) is 17.1 Å². The Balaban J connectivity index is 1.10. The maximum Gasteiger partial charge on any atom is 0.132 e. The van der Waals surface area contributed by atoms with Crippen LogP contribution in [0.2, 0.25) is 0 Å². The molecule has 10 aromatic carbocycles.